The monoisotopic (exact) mass is 476 g/mol. The van der Waals surface area contributed by atoms with E-state index in [1.165, 1.54) is 6.33 Å². The molecular formula is C12H9ClHgN5O. The van der Waals surface area contributed by atoms with Crippen molar-refractivity contribution in [1.82, 2.24) is 19.5 Å². The first-order chi connectivity index (χ1) is 9.77. The summed E-state index contributed by atoms with van der Waals surface area (Å²) in [6, 6.07) is 7.06. The number of primary amides is 1. The quantitative estimate of drug-likeness (QED) is 0.571. The number of nitrogens with two attached hydrogens (primary N) is 1. The molecule has 0 aliphatic rings. The van der Waals surface area contributed by atoms with Crippen LogP contribution in [0.3, 0.4) is 0 Å². The van der Waals surface area contributed by atoms with Crippen LogP contribution < -0.4 is 5.73 Å². The second-order valence-corrected chi connectivity index (χ2v) is 3.73. The molecule has 20 heavy (non-hydrogen) atoms. The molecule has 0 spiro atoms. The van der Waals surface area contributed by atoms with Gasteiger partial charge in [-0.1, -0.05) is 12.1 Å². The van der Waals surface area contributed by atoms with Gasteiger partial charge < -0.3 is 5.73 Å². The molecule has 0 saturated heterocycles. The fraction of sp³-hybridized carbons (Fsp3) is 0. The number of fused-ring (bicyclic) bond motifs is 1. The number of hydrogen-bond acceptors (Lipinski definition) is 4. The van der Waals surface area contributed by atoms with Crippen molar-refractivity contribution in [3.8, 4) is 5.69 Å². The van der Waals surface area contributed by atoms with Crippen LogP contribution in [0.5, 0.6) is 0 Å². The molecule has 0 fully saturated rings. The molecule has 1 aromatic carbocycles. The molecule has 3 aromatic rings. The fourth-order valence-corrected chi connectivity index (χ4v) is 1.84. The van der Waals surface area contributed by atoms with Gasteiger partial charge in [-0.05, 0) is 12.1 Å². The van der Waals surface area contributed by atoms with Crippen LogP contribution in [0.1, 0.15) is 10.4 Å². The maximum absolute atomic E-state index is 11.4. The van der Waals surface area contributed by atoms with Gasteiger partial charge in [0.15, 0.2) is 5.65 Å². The van der Waals surface area contributed by atoms with Crippen LogP contribution >= 0.6 is 8.25 Å². The Hall–Kier alpha value is -1.53. The molecule has 8 heteroatoms. The van der Waals surface area contributed by atoms with E-state index in [-0.39, 0.29) is 0 Å². The summed E-state index contributed by atoms with van der Waals surface area (Å²) in [6.07, 6.45) is 4.65. The normalized spacial score (nSPS) is 9.95. The van der Waals surface area contributed by atoms with Crippen LogP contribution in [0.4, 0.5) is 0 Å². The van der Waals surface area contributed by atoms with Crippen molar-refractivity contribution >= 4 is 25.3 Å². The predicted molar refractivity (Wildman–Crippen MR) is 71.0 cm³/mol. The van der Waals surface area contributed by atoms with E-state index in [9.17, 15) is 4.79 Å². The number of aromatic nitrogens is 4. The Kier molecular flexibility index (Phi) is 5.02. The molecule has 0 aliphatic heterocycles. The van der Waals surface area contributed by atoms with Gasteiger partial charge in [-0.3, -0.25) is 9.36 Å². The summed E-state index contributed by atoms with van der Waals surface area (Å²) in [7, 11) is 4.83. The number of para-hydroxylation sites is 1. The summed E-state index contributed by atoms with van der Waals surface area (Å²) >= 11 is 0.500. The van der Waals surface area contributed by atoms with Crippen LogP contribution in [-0.4, -0.2) is 25.4 Å². The minimum atomic E-state index is -0.485. The number of halogens is 1. The number of amides is 1. The van der Waals surface area contributed by atoms with Gasteiger partial charge in [0.25, 0.3) is 5.91 Å². The van der Waals surface area contributed by atoms with Crippen LogP contribution in [0.2, 0.25) is 0 Å². The fourth-order valence-electron chi connectivity index (χ4n) is 1.84. The van der Waals surface area contributed by atoms with Gasteiger partial charge >= 0.3 is 33.1 Å². The Bertz CT molecular complexity index is 745. The van der Waals surface area contributed by atoms with Crippen molar-refractivity contribution in [1.29, 1.82) is 0 Å². The van der Waals surface area contributed by atoms with Gasteiger partial charge in [-0.25, -0.2) is 15.0 Å². The van der Waals surface area contributed by atoms with Crippen LogP contribution in [0.15, 0.2) is 43.1 Å². The SMILES string of the molecule is NC(=O)c1ccccc1-n1cnc2cncnc21.[Cl][Hg]. The number of hydrogen-bond donors (Lipinski definition) is 1. The van der Waals surface area contributed by atoms with E-state index in [1.807, 2.05) is 6.07 Å². The molecule has 0 unspecified atom stereocenters. The van der Waals surface area contributed by atoms with E-state index < -0.39 is 5.91 Å². The average molecular weight is 475 g/mol. The first-order valence-corrected chi connectivity index (χ1v) is 12.3. The topological polar surface area (TPSA) is 86.7 Å². The molecule has 2 aromatic heterocycles. The number of carbonyl (C=O) groups excluding carboxylic acids is 1. The van der Waals surface area contributed by atoms with Gasteiger partial charge in [0.1, 0.15) is 18.2 Å². The molecule has 0 saturated carbocycles. The average Bonchev–Trinajstić information content (AvgIpc) is 2.93. The third-order valence-corrected chi connectivity index (χ3v) is 2.64. The Morgan fingerprint density at radius 3 is 2.75 bits per heavy atom. The van der Waals surface area contributed by atoms with Gasteiger partial charge in [-0.2, -0.15) is 0 Å². The molecule has 0 atom stereocenters. The number of carbonyl (C=O) groups is 1. The van der Waals surface area contributed by atoms with Crippen LogP contribution in [-0.2, 0) is 24.9 Å². The first kappa shape index (κ1) is 14.9. The van der Waals surface area contributed by atoms with Crippen LogP contribution in [0, 0.1) is 0 Å². The minimum absolute atomic E-state index is 0.426. The molecule has 2 heterocycles. The first-order valence-electron chi connectivity index (χ1n) is 5.56. The zero-order valence-corrected chi connectivity index (χ0v) is 16.7. The standard InChI is InChI=1S/C12H9N5O.ClH.Hg/c13-11(18)8-3-1-2-4-10(8)17-7-16-9-5-14-6-15-12(9)17;;/h1-7H,(H2,13,18);1H;/q;;+1/p-1. The Balaban J connectivity index is 0.000000704. The van der Waals surface area contributed by atoms with Crippen molar-refractivity contribution in [2.45, 2.75) is 0 Å². The maximum atomic E-state index is 11.4. The molecule has 6 nitrogen and oxygen atoms in total. The summed E-state index contributed by atoms with van der Waals surface area (Å²) < 4.78 is 1.72. The summed E-state index contributed by atoms with van der Waals surface area (Å²) in [4.78, 5) is 23.6. The number of benzene rings is 1. The molecule has 0 bridgehead atoms. The van der Waals surface area contributed by atoms with E-state index in [0.717, 1.165) is 0 Å². The van der Waals surface area contributed by atoms with Crippen molar-refractivity contribution in [2.75, 3.05) is 0 Å². The van der Waals surface area contributed by atoms with Crippen molar-refractivity contribution in [2.24, 2.45) is 5.73 Å². The summed E-state index contributed by atoms with van der Waals surface area (Å²) in [5, 5.41) is 0. The second-order valence-electron chi connectivity index (χ2n) is 3.73. The van der Waals surface area contributed by atoms with Gasteiger partial charge in [0, 0.05) is 0 Å². The number of rotatable bonds is 2. The summed E-state index contributed by atoms with van der Waals surface area (Å²) in [6.45, 7) is 0. The Labute approximate surface area is 134 Å². The predicted octanol–water partition coefficient (Wildman–Crippen LogP) is 1.60. The molecular weight excluding hydrogens is 466 g/mol. The molecule has 0 aliphatic carbocycles. The summed E-state index contributed by atoms with van der Waals surface area (Å²) in [5.74, 6) is -0.485. The third kappa shape index (κ3) is 2.81. The summed E-state index contributed by atoms with van der Waals surface area (Å²) in [5.41, 5.74) is 7.75. The van der Waals surface area contributed by atoms with Crippen molar-refractivity contribution < 1.29 is 29.7 Å². The number of nitrogens with zero attached hydrogens (tertiary/aromatic N) is 4. The Morgan fingerprint density at radius 2 is 2.00 bits per heavy atom. The molecule has 1 amide bonds. The van der Waals surface area contributed by atoms with Gasteiger partial charge in [-0.15, -0.1) is 0 Å². The molecule has 97 valence electrons. The van der Waals surface area contributed by atoms with Gasteiger partial charge in [0.05, 0.1) is 17.4 Å². The van der Waals surface area contributed by atoms with Crippen molar-refractivity contribution in [3.05, 3.63) is 48.7 Å². The third-order valence-electron chi connectivity index (χ3n) is 2.64. The molecule has 2 N–H and O–H groups in total. The number of imidazole rings is 1. The molecule has 0 radical (unpaired) electrons. The molecule has 3 rings (SSSR count). The van der Waals surface area contributed by atoms with Gasteiger partial charge in [0.2, 0.25) is 0 Å². The zero-order chi connectivity index (χ0) is 14.5. The Morgan fingerprint density at radius 1 is 1.25 bits per heavy atom. The van der Waals surface area contributed by atoms with Crippen molar-refractivity contribution in [3.63, 3.8) is 0 Å². The van der Waals surface area contributed by atoms with E-state index in [4.69, 9.17) is 14.0 Å². The van der Waals surface area contributed by atoms with E-state index in [2.05, 4.69) is 15.0 Å². The van der Waals surface area contributed by atoms with E-state index in [1.54, 1.807) is 35.3 Å². The van der Waals surface area contributed by atoms with E-state index in [0.29, 0.717) is 47.3 Å². The van der Waals surface area contributed by atoms with Crippen LogP contribution in [0.25, 0.3) is 16.9 Å². The second kappa shape index (κ2) is 6.76. The van der Waals surface area contributed by atoms with E-state index >= 15 is 0 Å². The zero-order valence-electron chi connectivity index (χ0n) is 10.4.